The number of nitro benzene ring substituents is 1. The number of nitro groups is 1. The highest BCUT2D eigenvalue weighted by Crippen LogP contribution is 2.31. The maximum atomic E-state index is 12.2. The van der Waals surface area contributed by atoms with Crippen molar-refractivity contribution in [1.82, 2.24) is 9.21 Å². The summed E-state index contributed by atoms with van der Waals surface area (Å²) < 4.78 is 26.2. The van der Waals surface area contributed by atoms with E-state index in [-0.39, 0.29) is 16.7 Å². The van der Waals surface area contributed by atoms with Crippen LogP contribution in [0.5, 0.6) is 0 Å². The Hall–Kier alpha value is -1.51. The van der Waals surface area contributed by atoms with Crippen LogP contribution in [0.15, 0.2) is 24.3 Å². The molecule has 0 aromatic heterocycles. The Morgan fingerprint density at radius 2 is 1.70 bits per heavy atom. The zero-order valence-corrected chi connectivity index (χ0v) is 16.7. The molecule has 0 spiro atoms. The van der Waals surface area contributed by atoms with Gasteiger partial charge in [-0.3, -0.25) is 15.0 Å². The summed E-state index contributed by atoms with van der Waals surface area (Å²) >= 11 is 0. The molecule has 1 atom stereocenters. The van der Waals surface area contributed by atoms with E-state index in [4.69, 9.17) is 0 Å². The maximum Gasteiger partial charge on any atom is 0.269 e. The first kappa shape index (κ1) is 20.2. The Balaban J connectivity index is 1.58. The van der Waals surface area contributed by atoms with Crippen molar-refractivity contribution >= 4 is 15.7 Å². The van der Waals surface area contributed by atoms with Crippen LogP contribution in [0.25, 0.3) is 0 Å². The summed E-state index contributed by atoms with van der Waals surface area (Å²) in [4.78, 5) is 12.7. The first-order valence-electron chi connectivity index (χ1n) is 9.77. The molecule has 7 nitrogen and oxygen atoms in total. The second kappa shape index (κ2) is 8.67. The Bertz CT molecular complexity index is 743. The topological polar surface area (TPSA) is 83.8 Å². The van der Waals surface area contributed by atoms with E-state index in [1.165, 1.54) is 6.26 Å². The van der Waals surface area contributed by atoms with Gasteiger partial charge in [-0.15, -0.1) is 0 Å². The van der Waals surface area contributed by atoms with E-state index in [0.717, 1.165) is 63.7 Å². The number of non-ortho nitro benzene ring substituents is 1. The fourth-order valence-electron chi connectivity index (χ4n) is 4.47. The lowest BCUT2D eigenvalue weighted by Gasteiger charge is -2.39. The van der Waals surface area contributed by atoms with Gasteiger partial charge in [0.15, 0.2) is 0 Å². The monoisotopic (exact) mass is 395 g/mol. The Morgan fingerprint density at radius 1 is 1.04 bits per heavy atom. The summed E-state index contributed by atoms with van der Waals surface area (Å²) in [6.45, 7) is 3.32. The molecule has 0 aliphatic carbocycles. The molecular weight excluding hydrogens is 366 g/mol. The largest absolute Gasteiger partial charge is 0.299 e. The van der Waals surface area contributed by atoms with Gasteiger partial charge in [0.2, 0.25) is 10.0 Å². The second-order valence-corrected chi connectivity index (χ2v) is 9.76. The van der Waals surface area contributed by atoms with Crippen LogP contribution in [-0.2, 0) is 16.6 Å². The molecule has 2 heterocycles. The molecule has 27 heavy (non-hydrogen) atoms. The van der Waals surface area contributed by atoms with Gasteiger partial charge in [0, 0.05) is 31.3 Å². The van der Waals surface area contributed by atoms with Gasteiger partial charge in [-0.05, 0) is 50.3 Å². The summed E-state index contributed by atoms with van der Waals surface area (Å²) in [6, 6.07) is 6.89. The zero-order chi connectivity index (χ0) is 19.4. The highest BCUT2D eigenvalue weighted by atomic mass is 32.2. The molecule has 0 bridgehead atoms. The Kier molecular flexibility index (Phi) is 6.49. The van der Waals surface area contributed by atoms with E-state index in [0.29, 0.717) is 12.5 Å². The molecule has 8 heteroatoms. The van der Waals surface area contributed by atoms with Gasteiger partial charge in [0.25, 0.3) is 5.69 Å². The van der Waals surface area contributed by atoms with E-state index in [2.05, 4.69) is 4.90 Å². The molecule has 1 aromatic carbocycles. The molecule has 3 rings (SSSR count). The molecule has 2 saturated heterocycles. The fourth-order valence-corrected chi connectivity index (χ4v) is 5.70. The first-order valence-corrected chi connectivity index (χ1v) is 11.6. The number of sulfonamides is 1. The maximum absolute atomic E-state index is 12.2. The van der Waals surface area contributed by atoms with Crippen LogP contribution >= 0.6 is 0 Å². The summed E-state index contributed by atoms with van der Waals surface area (Å²) in [7, 11) is -3.16. The Morgan fingerprint density at radius 3 is 2.30 bits per heavy atom. The summed E-state index contributed by atoms with van der Waals surface area (Å²) in [5, 5.41) is 10.8. The molecule has 2 fully saturated rings. The van der Waals surface area contributed by atoms with Crippen LogP contribution in [0.4, 0.5) is 5.69 Å². The van der Waals surface area contributed by atoms with Crippen molar-refractivity contribution in [2.24, 2.45) is 5.92 Å². The van der Waals surface area contributed by atoms with Gasteiger partial charge < -0.3 is 0 Å². The summed E-state index contributed by atoms with van der Waals surface area (Å²) in [5.41, 5.74) is 1.19. The quantitative estimate of drug-likeness (QED) is 0.565. The number of hydrogen-bond acceptors (Lipinski definition) is 5. The number of likely N-dealkylation sites (tertiary alicyclic amines) is 1. The molecule has 0 unspecified atom stereocenters. The van der Waals surface area contributed by atoms with Crippen LogP contribution in [0.2, 0.25) is 0 Å². The zero-order valence-electron chi connectivity index (χ0n) is 15.9. The lowest BCUT2D eigenvalue weighted by molar-refractivity contribution is -0.384. The van der Waals surface area contributed by atoms with Gasteiger partial charge >= 0.3 is 0 Å². The predicted molar refractivity (Wildman–Crippen MR) is 105 cm³/mol. The molecule has 0 saturated carbocycles. The van der Waals surface area contributed by atoms with Gasteiger partial charge in [0.1, 0.15) is 0 Å². The van der Waals surface area contributed by atoms with Crippen molar-refractivity contribution in [2.45, 2.75) is 51.1 Å². The smallest absolute Gasteiger partial charge is 0.269 e. The van der Waals surface area contributed by atoms with Gasteiger partial charge in [0.05, 0.1) is 11.2 Å². The molecule has 150 valence electrons. The van der Waals surface area contributed by atoms with Crippen molar-refractivity contribution in [2.75, 3.05) is 25.9 Å². The summed E-state index contributed by atoms with van der Waals surface area (Å²) in [5.74, 6) is 0.422. The highest BCUT2D eigenvalue weighted by molar-refractivity contribution is 7.88. The lowest BCUT2D eigenvalue weighted by atomic mass is 9.87. The van der Waals surface area contributed by atoms with Crippen molar-refractivity contribution in [3.63, 3.8) is 0 Å². The van der Waals surface area contributed by atoms with Crippen LogP contribution in [-0.4, -0.2) is 54.5 Å². The van der Waals surface area contributed by atoms with Crippen LogP contribution in [0.3, 0.4) is 0 Å². The van der Waals surface area contributed by atoms with E-state index in [1.807, 2.05) is 12.1 Å². The molecule has 1 aromatic rings. The third-order valence-electron chi connectivity index (χ3n) is 5.90. The average Bonchev–Trinajstić information content (AvgIpc) is 2.89. The molecular formula is C19H29N3O4S. The van der Waals surface area contributed by atoms with Crippen molar-refractivity contribution in [3.8, 4) is 0 Å². The van der Waals surface area contributed by atoms with Gasteiger partial charge in [-0.25, -0.2) is 8.42 Å². The lowest BCUT2D eigenvalue weighted by Crippen LogP contribution is -2.47. The normalized spacial score (nSPS) is 23.8. The van der Waals surface area contributed by atoms with E-state index >= 15 is 0 Å². The van der Waals surface area contributed by atoms with Crippen LogP contribution in [0, 0.1) is 16.0 Å². The van der Waals surface area contributed by atoms with E-state index < -0.39 is 10.0 Å². The number of hydrogen-bond donors (Lipinski definition) is 0. The molecule has 0 N–H and O–H groups in total. The van der Waals surface area contributed by atoms with Crippen molar-refractivity contribution in [1.29, 1.82) is 0 Å². The van der Waals surface area contributed by atoms with E-state index in [1.54, 1.807) is 16.4 Å². The molecule has 0 radical (unpaired) electrons. The van der Waals surface area contributed by atoms with Crippen LogP contribution in [0.1, 0.15) is 44.1 Å². The molecule has 0 amide bonds. The average molecular weight is 396 g/mol. The van der Waals surface area contributed by atoms with Gasteiger partial charge in [-0.1, -0.05) is 25.0 Å². The van der Waals surface area contributed by atoms with E-state index in [9.17, 15) is 18.5 Å². The van der Waals surface area contributed by atoms with Crippen molar-refractivity contribution in [3.05, 3.63) is 39.9 Å². The summed E-state index contributed by atoms with van der Waals surface area (Å²) in [6.07, 6.45) is 7.51. The fraction of sp³-hybridized carbons (Fsp3) is 0.684. The first-order chi connectivity index (χ1) is 12.8. The third kappa shape index (κ3) is 5.27. The minimum atomic E-state index is -3.16. The van der Waals surface area contributed by atoms with Crippen molar-refractivity contribution < 1.29 is 13.3 Å². The Labute approximate surface area is 161 Å². The standard InChI is InChI=1S/C19H29N3O4S/c1-27(25,26)21-12-4-2-3-5-19(21)17-10-13-20(14-11-17)15-16-6-8-18(9-7-16)22(23)24/h6-9,17,19H,2-5,10-15H2,1H3/t19-/m1/s1. The number of benzene rings is 1. The molecule has 2 aliphatic rings. The van der Waals surface area contributed by atoms with Gasteiger partial charge in [-0.2, -0.15) is 4.31 Å². The predicted octanol–water partition coefficient (Wildman–Crippen LogP) is 3.01. The second-order valence-electron chi connectivity index (χ2n) is 7.83. The van der Waals surface area contributed by atoms with Crippen LogP contribution < -0.4 is 0 Å². The minimum Gasteiger partial charge on any atom is -0.299 e. The SMILES string of the molecule is CS(=O)(=O)N1CCCCC[C@@H]1C1CCN(Cc2ccc([N+](=O)[O-])cc2)CC1. The molecule has 2 aliphatic heterocycles. The third-order valence-corrected chi connectivity index (χ3v) is 7.21. The highest BCUT2D eigenvalue weighted by Gasteiger charge is 2.35. The minimum absolute atomic E-state index is 0.117. The number of piperidine rings is 1. The number of nitrogens with zero attached hydrogens (tertiary/aromatic N) is 3. The number of rotatable bonds is 5.